The zero-order chi connectivity index (χ0) is 16.4. The third kappa shape index (κ3) is 3.40. The molecule has 0 aromatic heterocycles. The maximum Gasteiger partial charge on any atom is 0.321 e. The van der Waals surface area contributed by atoms with E-state index in [2.05, 4.69) is 31.3 Å². The molecule has 2 N–H and O–H groups in total. The van der Waals surface area contributed by atoms with Crippen LogP contribution < -0.4 is 5.32 Å². The van der Waals surface area contributed by atoms with Crippen LogP contribution in [0.5, 0.6) is 0 Å². The molecule has 0 spiro atoms. The summed E-state index contributed by atoms with van der Waals surface area (Å²) in [6, 6.07) is 3.97. The Hall–Kier alpha value is -2.04. The van der Waals surface area contributed by atoms with Gasteiger partial charge >= 0.3 is 12.0 Å². The fourth-order valence-corrected chi connectivity index (χ4v) is 2.86. The van der Waals surface area contributed by atoms with Crippen LogP contribution in [0.1, 0.15) is 42.9 Å². The summed E-state index contributed by atoms with van der Waals surface area (Å²) in [5, 5.41) is 12.0. The van der Waals surface area contributed by atoms with E-state index in [0.29, 0.717) is 18.9 Å². The van der Waals surface area contributed by atoms with Gasteiger partial charge in [0.25, 0.3) is 0 Å². The van der Waals surface area contributed by atoms with Gasteiger partial charge in [0.2, 0.25) is 0 Å². The maximum atomic E-state index is 12.3. The first-order chi connectivity index (χ1) is 10.3. The van der Waals surface area contributed by atoms with Crippen LogP contribution in [0.15, 0.2) is 12.1 Å². The lowest BCUT2D eigenvalue weighted by molar-refractivity contribution is -0.141. The van der Waals surface area contributed by atoms with Gasteiger partial charge in [0.15, 0.2) is 0 Å². The number of carbonyl (C=O) groups is 2. The molecule has 2 amide bonds. The average Bonchev–Trinajstić information content (AvgIpc) is 2.92. The number of urea groups is 1. The molecule has 22 heavy (non-hydrogen) atoms. The van der Waals surface area contributed by atoms with Crippen molar-refractivity contribution in [1.29, 1.82) is 0 Å². The summed E-state index contributed by atoms with van der Waals surface area (Å²) < 4.78 is 0. The molecule has 120 valence electrons. The highest BCUT2D eigenvalue weighted by atomic mass is 16.4. The predicted molar refractivity (Wildman–Crippen MR) is 86.3 cm³/mol. The fraction of sp³-hybridized carbons (Fsp3) is 0.529. The number of anilines is 1. The lowest BCUT2D eigenvalue weighted by Gasteiger charge is -2.20. The molecule has 1 atom stereocenters. The molecule has 1 unspecified atom stereocenters. The summed E-state index contributed by atoms with van der Waals surface area (Å²) in [5.74, 6) is -0.836. The smallest absolute Gasteiger partial charge is 0.321 e. The van der Waals surface area contributed by atoms with Crippen molar-refractivity contribution in [2.75, 3.05) is 18.4 Å². The predicted octanol–water partition coefficient (Wildman–Crippen LogP) is 3.37. The molecular formula is C17H24N2O3. The lowest BCUT2D eigenvalue weighted by Crippen LogP contribution is -2.34. The summed E-state index contributed by atoms with van der Waals surface area (Å²) in [6.07, 6.45) is 0.521. The number of amides is 2. The first-order valence-electron chi connectivity index (χ1n) is 7.69. The summed E-state index contributed by atoms with van der Waals surface area (Å²) in [6.45, 7) is 9.02. The van der Waals surface area contributed by atoms with Crippen molar-refractivity contribution in [1.82, 2.24) is 4.90 Å². The van der Waals surface area contributed by atoms with Crippen molar-refractivity contribution >= 4 is 17.7 Å². The van der Waals surface area contributed by atoms with E-state index in [-0.39, 0.29) is 12.6 Å². The van der Waals surface area contributed by atoms with E-state index in [4.69, 9.17) is 5.11 Å². The second-order valence-corrected chi connectivity index (χ2v) is 6.38. The van der Waals surface area contributed by atoms with Gasteiger partial charge in [-0.2, -0.15) is 0 Å². The van der Waals surface area contributed by atoms with Gasteiger partial charge in [0, 0.05) is 18.8 Å². The molecule has 1 aromatic carbocycles. The van der Waals surface area contributed by atoms with Crippen molar-refractivity contribution in [3.8, 4) is 0 Å². The minimum Gasteiger partial charge on any atom is -0.481 e. The summed E-state index contributed by atoms with van der Waals surface area (Å²) in [4.78, 5) is 24.9. The van der Waals surface area contributed by atoms with Gasteiger partial charge in [-0.1, -0.05) is 26.0 Å². The normalized spacial score (nSPS) is 17.9. The van der Waals surface area contributed by atoms with Gasteiger partial charge in [-0.25, -0.2) is 4.79 Å². The number of carboxylic acid groups (broad SMARTS) is 1. The lowest BCUT2D eigenvalue weighted by atomic mass is 9.97. The molecule has 5 heteroatoms. The van der Waals surface area contributed by atoms with Crippen LogP contribution in [-0.2, 0) is 4.79 Å². The number of benzene rings is 1. The number of rotatable bonds is 3. The Kier molecular flexibility index (Phi) is 4.74. The monoisotopic (exact) mass is 304 g/mol. The van der Waals surface area contributed by atoms with Gasteiger partial charge in [-0.05, 0) is 42.9 Å². The topological polar surface area (TPSA) is 69.6 Å². The van der Waals surface area contributed by atoms with E-state index in [9.17, 15) is 9.59 Å². The van der Waals surface area contributed by atoms with E-state index in [1.165, 1.54) is 5.56 Å². The molecule has 0 aliphatic carbocycles. The van der Waals surface area contributed by atoms with Gasteiger partial charge in [-0.3, -0.25) is 4.79 Å². The number of nitrogens with zero attached hydrogens (tertiary/aromatic N) is 1. The third-order valence-electron chi connectivity index (χ3n) is 4.28. The second-order valence-electron chi connectivity index (χ2n) is 6.38. The molecule has 1 heterocycles. The van der Waals surface area contributed by atoms with Crippen LogP contribution in [0.25, 0.3) is 0 Å². The number of aliphatic carboxylic acids is 1. The molecule has 1 aromatic rings. The van der Waals surface area contributed by atoms with Crippen LogP contribution in [0.3, 0.4) is 0 Å². The van der Waals surface area contributed by atoms with Crippen molar-refractivity contribution in [3.05, 3.63) is 28.8 Å². The Morgan fingerprint density at radius 1 is 1.27 bits per heavy atom. The number of carboxylic acids is 1. The highest BCUT2D eigenvalue weighted by Gasteiger charge is 2.31. The minimum atomic E-state index is -0.830. The van der Waals surface area contributed by atoms with E-state index in [1.54, 1.807) is 4.90 Å². The minimum absolute atomic E-state index is 0.216. The number of hydrogen-bond donors (Lipinski definition) is 2. The quantitative estimate of drug-likeness (QED) is 0.899. The molecule has 1 fully saturated rings. The SMILES string of the molecule is Cc1cc(C(C)C)cc(C)c1NC(=O)N1CCC(C(=O)O)C1. The molecule has 0 radical (unpaired) electrons. The Balaban J connectivity index is 2.11. The highest BCUT2D eigenvalue weighted by Crippen LogP contribution is 2.27. The van der Waals surface area contributed by atoms with E-state index in [1.807, 2.05) is 13.8 Å². The third-order valence-corrected chi connectivity index (χ3v) is 4.28. The average molecular weight is 304 g/mol. The number of likely N-dealkylation sites (tertiary alicyclic amines) is 1. The molecule has 0 saturated carbocycles. The number of hydrogen-bond acceptors (Lipinski definition) is 2. The summed E-state index contributed by atoms with van der Waals surface area (Å²) >= 11 is 0. The maximum absolute atomic E-state index is 12.3. The Labute approximate surface area is 131 Å². The molecule has 2 rings (SSSR count). The Morgan fingerprint density at radius 2 is 1.86 bits per heavy atom. The van der Waals surface area contributed by atoms with Crippen LogP contribution in [0.4, 0.5) is 10.5 Å². The van der Waals surface area contributed by atoms with Crippen LogP contribution in [0, 0.1) is 19.8 Å². The molecular weight excluding hydrogens is 280 g/mol. The highest BCUT2D eigenvalue weighted by molar-refractivity contribution is 5.91. The van der Waals surface area contributed by atoms with Crippen molar-refractivity contribution in [2.24, 2.45) is 5.92 Å². The molecule has 1 aliphatic rings. The number of aryl methyl sites for hydroxylation is 2. The van der Waals surface area contributed by atoms with Crippen molar-refractivity contribution in [3.63, 3.8) is 0 Å². The van der Waals surface area contributed by atoms with Crippen molar-refractivity contribution < 1.29 is 14.7 Å². The van der Waals surface area contributed by atoms with Crippen LogP contribution in [-0.4, -0.2) is 35.1 Å². The second kappa shape index (κ2) is 6.38. The van der Waals surface area contributed by atoms with Crippen LogP contribution in [0.2, 0.25) is 0 Å². The summed E-state index contributed by atoms with van der Waals surface area (Å²) in [5.41, 5.74) is 4.14. The first kappa shape index (κ1) is 16.3. The van der Waals surface area contributed by atoms with Crippen molar-refractivity contribution in [2.45, 2.75) is 40.0 Å². The summed E-state index contributed by atoms with van der Waals surface area (Å²) in [7, 11) is 0. The van der Waals surface area contributed by atoms with Gasteiger partial charge in [0.1, 0.15) is 0 Å². The van der Waals surface area contributed by atoms with Gasteiger partial charge in [0.05, 0.1) is 5.92 Å². The zero-order valence-electron chi connectivity index (χ0n) is 13.6. The fourth-order valence-electron chi connectivity index (χ4n) is 2.86. The molecule has 1 aliphatic heterocycles. The molecule has 1 saturated heterocycles. The molecule has 5 nitrogen and oxygen atoms in total. The Morgan fingerprint density at radius 3 is 2.32 bits per heavy atom. The van der Waals surface area contributed by atoms with E-state index < -0.39 is 11.9 Å². The molecule has 0 bridgehead atoms. The van der Waals surface area contributed by atoms with Gasteiger partial charge in [-0.15, -0.1) is 0 Å². The Bertz CT molecular complexity index is 573. The van der Waals surface area contributed by atoms with Gasteiger partial charge < -0.3 is 15.3 Å². The van der Waals surface area contributed by atoms with E-state index >= 15 is 0 Å². The first-order valence-corrected chi connectivity index (χ1v) is 7.69. The number of nitrogens with one attached hydrogen (secondary N) is 1. The zero-order valence-corrected chi connectivity index (χ0v) is 13.6. The van der Waals surface area contributed by atoms with E-state index in [0.717, 1.165) is 16.8 Å². The largest absolute Gasteiger partial charge is 0.481 e. The van der Waals surface area contributed by atoms with Crippen LogP contribution >= 0.6 is 0 Å². The standard InChI is InChI=1S/C17H24N2O3/c1-10(2)14-7-11(3)15(12(4)8-14)18-17(22)19-6-5-13(9-19)16(20)21/h7-8,10,13H,5-6,9H2,1-4H3,(H,18,22)(H,20,21). The number of carbonyl (C=O) groups excluding carboxylic acids is 1.